The van der Waals surface area contributed by atoms with Crippen LogP contribution in [0.2, 0.25) is 5.02 Å². The summed E-state index contributed by atoms with van der Waals surface area (Å²) in [7, 11) is 1.46. The number of ketones is 1. The van der Waals surface area contributed by atoms with Gasteiger partial charge in [0.1, 0.15) is 22.9 Å². The molecule has 0 atom stereocenters. The van der Waals surface area contributed by atoms with Crippen LogP contribution in [0.1, 0.15) is 30.1 Å². The number of carbonyl (C=O) groups excluding carboxylic acids is 2. The number of halogens is 1. The lowest BCUT2D eigenvalue weighted by atomic mass is 9.90. The van der Waals surface area contributed by atoms with E-state index in [0.717, 1.165) is 51.4 Å². The number of nitrogens with one attached hydrogen (secondary N) is 2. The van der Waals surface area contributed by atoms with E-state index in [2.05, 4.69) is 27.4 Å². The Morgan fingerprint density at radius 2 is 1.98 bits per heavy atom. The maximum Gasteiger partial charge on any atom is 0.252 e. The molecule has 10 nitrogen and oxygen atoms in total. The number of fused-ring (bicyclic) bond motifs is 1. The van der Waals surface area contributed by atoms with Crippen molar-refractivity contribution in [1.29, 1.82) is 0 Å². The van der Waals surface area contributed by atoms with Gasteiger partial charge in [-0.1, -0.05) is 31.0 Å². The molecule has 0 saturated carbocycles. The summed E-state index contributed by atoms with van der Waals surface area (Å²) in [5.41, 5.74) is 8.92. The third-order valence-electron chi connectivity index (χ3n) is 7.18. The van der Waals surface area contributed by atoms with E-state index in [1.54, 1.807) is 42.6 Å². The molecule has 1 fully saturated rings. The number of nitrogens with two attached hydrogens (primary N) is 1. The molecule has 220 valence electrons. The van der Waals surface area contributed by atoms with Gasteiger partial charge in [-0.2, -0.15) is 0 Å². The van der Waals surface area contributed by atoms with Gasteiger partial charge in [-0.25, -0.2) is 0 Å². The molecule has 0 bridgehead atoms. The van der Waals surface area contributed by atoms with Gasteiger partial charge in [0.15, 0.2) is 0 Å². The highest BCUT2D eigenvalue weighted by atomic mass is 35.5. The van der Waals surface area contributed by atoms with Gasteiger partial charge in [-0.05, 0) is 30.7 Å². The first kappa shape index (κ1) is 29.4. The molecular formula is C31H34ClN5O5. The predicted molar refractivity (Wildman–Crippen MR) is 162 cm³/mol. The summed E-state index contributed by atoms with van der Waals surface area (Å²) in [5, 5.41) is 7.65. The number of morpholine rings is 1. The summed E-state index contributed by atoms with van der Waals surface area (Å²) in [6.45, 7) is 6.95. The largest absolute Gasteiger partial charge is 0.496 e. The number of unbranched alkanes of at least 4 members (excludes halogenated alkanes) is 1. The van der Waals surface area contributed by atoms with Gasteiger partial charge >= 0.3 is 0 Å². The van der Waals surface area contributed by atoms with Crippen LogP contribution in [0.3, 0.4) is 0 Å². The lowest BCUT2D eigenvalue weighted by Crippen LogP contribution is -2.42. The van der Waals surface area contributed by atoms with E-state index in [0.29, 0.717) is 56.7 Å². The second-order valence-corrected chi connectivity index (χ2v) is 10.4. The first-order chi connectivity index (χ1) is 20.4. The number of amides is 1. The van der Waals surface area contributed by atoms with Gasteiger partial charge in [-0.15, -0.1) is 0 Å². The van der Waals surface area contributed by atoms with E-state index in [4.69, 9.17) is 31.5 Å². The van der Waals surface area contributed by atoms with Crippen molar-refractivity contribution in [1.82, 2.24) is 15.2 Å². The number of Topliss-reactive ketones (excluding diaryl/α,β-unsaturated/α-hetero) is 1. The lowest BCUT2D eigenvalue weighted by molar-refractivity contribution is -0.113. The van der Waals surface area contributed by atoms with E-state index < -0.39 is 5.91 Å². The number of pyridine rings is 1. The smallest absolute Gasteiger partial charge is 0.252 e. The van der Waals surface area contributed by atoms with Crippen molar-refractivity contribution in [2.24, 2.45) is 5.73 Å². The molecule has 2 heterocycles. The molecule has 4 N–H and O–H groups in total. The second kappa shape index (κ2) is 13.2. The molecule has 3 aromatic rings. The molecule has 11 heteroatoms. The Hall–Kier alpha value is -4.12. The van der Waals surface area contributed by atoms with Crippen LogP contribution in [-0.4, -0.2) is 68.1 Å². The Bertz CT molecular complexity index is 1560. The number of hydrogen-bond acceptors (Lipinski definition) is 9. The number of aromatic nitrogens is 1. The zero-order valence-corrected chi connectivity index (χ0v) is 24.4. The summed E-state index contributed by atoms with van der Waals surface area (Å²) in [6.07, 6.45) is 5.37. The Kier molecular flexibility index (Phi) is 9.26. The molecule has 0 radical (unpaired) electrons. The number of primary amides is 1. The molecule has 2 aromatic carbocycles. The number of nitrogens with zero attached hydrogens (tertiary/aromatic N) is 2. The molecule has 1 aromatic heterocycles. The van der Waals surface area contributed by atoms with Crippen LogP contribution in [-0.2, 0) is 9.53 Å². The fourth-order valence-electron chi connectivity index (χ4n) is 4.91. The Balaban J connectivity index is 1.34. The zero-order valence-electron chi connectivity index (χ0n) is 23.7. The van der Waals surface area contributed by atoms with E-state index >= 15 is 0 Å². The molecule has 1 aliphatic heterocycles. The topological polar surface area (TPSA) is 128 Å². The average Bonchev–Trinajstić information content (AvgIpc) is 3.00. The quantitative estimate of drug-likeness (QED) is 0.258. The molecule has 2 aliphatic rings. The fourth-order valence-corrected chi connectivity index (χ4v) is 5.12. The number of ether oxygens (including phenoxy) is 3. The summed E-state index contributed by atoms with van der Waals surface area (Å²) in [4.78, 5) is 31.7. The summed E-state index contributed by atoms with van der Waals surface area (Å²) in [6, 6.07) is 10.1. The van der Waals surface area contributed by atoms with Gasteiger partial charge in [-0.3, -0.25) is 19.5 Å². The highest BCUT2D eigenvalue weighted by Gasteiger charge is 2.34. The van der Waals surface area contributed by atoms with Gasteiger partial charge in [0, 0.05) is 55.5 Å². The zero-order chi connectivity index (χ0) is 29.6. The molecule has 1 amide bonds. The van der Waals surface area contributed by atoms with Crippen LogP contribution in [0.25, 0.3) is 10.9 Å². The SMILES string of the molecule is CCC/C=C1\C(=O)C(Nc2ccc(Oc3ccnc4cc(OC)c(C(N)=O)cc34)cc2Cl)=C1NCCN1CCOCC1. The van der Waals surface area contributed by atoms with Crippen LogP contribution in [0.5, 0.6) is 17.2 Å². The minimum absolute atomic E-state index is 0.0438. The van der Waals surface area contributed by atoms with Crippen molar-refractivity contribution < 1.29 is 23.8 Å². The van der Waals surface area contributed by atoms with E-state index in [1.165, 1.54) is 7.11 Å². The Morgan fingerprint density at radius 1 is 1.17 bits per heavy atom. The summed E-state index contributed by atoms with van der Waals surface area (Å²) < 4.78 is 16.9. The van der Waals surface area contributed by atoms with Crippen molar-refractivity contribution in [3.8, 4) is 17.2 Å². The Morgan fingerprint density at radius 3 is 2.69 bits per heavy atom. The third kappa shape index (κ3) is 6.35. The minimum atomic E-state index is -0.621. The third-order valence-corrected chi connectivity index (χ3v) is 7.49. The van der Waals surface area contributed by atoms with Crippen LogP contribution in [0.4, 0.5) is 5.69 Å². The van der Waals surface area contributed by atoms with Gasteiger partial charge in [0.2, 0.25) is 5.78 Å². The second-order valence-electron chi connectivity index (χ2n) is 9.98. The molecular weight excluding hydrogens is 558 g/mol. The van der Waals surface area contributed by atoms with Crippen molar-refractivity contribution in [2.45, 2.75) is 19.8 Å². The molecule has 0 unspecified atom stereocenters. The normalized spacial score (nSPS) is 16.5. The standard InChI is InChI=1S/C31H34ClN5O5/c1-3-4-5-20-28(35-10-11-37-12-14-41-15-13-37)29(30(20)38)36-24-7-6-19(16-23(24)32)42-26-8-9-34-25-18-27(40-2)22(31(33)39)17-21(25)26/h5-9,16-18,35-36H,3-4,10-15H2,1-2H3,(H2,33,39)/b20-5-. The highest BCUT2D eigenvalue weighted by Crippen LogP contribution is 2.37. The number of anilines is 1. The molecule has 0 spiro atoms. The average molecular weight is 592 g/mol. The van der Waals surface area contributed by atoms with Crippen molar-refractivity contribution in [2.75, 3.05) is 51.8 Å². The number of hydrogen-bond donors (Lipinski definition) is 3. The van der Waals surface area contributed by atoms with Crippen LogP contribution in [0, 0.1) is 0 Å². The monoisotopic (exact) mass is 591 g/mol. The predicted octanol–water partition coefficient (Wildman–Crippen LogP) is 4.64. The van der Waals surface area contributed by atoms with Crippen LogP contribution < -0.4 is 25.8 Å². The number of benzene rings is 2. The van der Waals surface area contributed by atoms with Crippen molar-refractivity contribution in [3.63, 3.8) is 0 Å². The molecule has 1 aliphatic carbocycles. The van der Waals surface area contributed by atoms with Crippen molar-refractivity contribution >= 4 is 39.9 Å². The van der Waals surface area contributed by atoms with Crippen LogP contribution in [0.15, 0.2) is 65.6 Å². The van der Waals surface area contributed by atoms with E-state index in [-0.39, 0.29) is 11.3 Å². The molecule has 1 saturated heterocycles. The van der Waals surface area contributed by atoms with Crippen molar-refractivity contribution in [3.05, 3.63) is 76.2 Å². The van der Waals surface area contributed by atoms with Gasteiger partial charge < -0.3 is 30.6 Å². The summed E-state index contributed by atoms with van der Waals surface area (Å²) >= 11 is 6.65. The lowest BCUT2D eigenvalue weighted by Gasteiger charge is -2.30. The van der Waals surface area contributed by atoms with Crippen LogP contribution >= 0.6 is 11.6 Å². The number of rotatable bonds is 12. The molecule has 42 heavy (non-hydrogen) atoms. The fraction of sp³-hybridized carbons (Fsp3) is 0.323. The Labute approximate surface area is 249 Å². The van der Waals surface area contributed by atoms with E-state index in [9.17, 15) is 9.59 Å². The molecule has 5 rings (SSSR count). The number of allylic oxidation sites excluding steroid dienone is 3. The minimum Gasteiger partial charge on any atom is -0.496 e. The van der Waals surface area contributed by atoms with E-state index in [1.807, 2.05) is 6.08 Å². The van der Waals surface area contributed by atoms with Gasteiger partial charge in [0.25, 0.3) is 5.91 Å². The maximum absolute atomic E-state index is 13.0. The first-order valence-electron chi connectivity index (χ1n) is 13.9. The van der Waals surface area contributed by atoms with Gasteiger partial charge in [0.05, 0.1) is 47.8 Å². The number of carbonyl (C=O) groups is 2. The summed E-state index contributed by atoms with van der Waals surface area (Å²) in [5.74, 6) is 0.606. The maximum atomic E-state index is 13.0. The highest BCUT2D eigenvalue weighted by molar-refractivity contribution is 6.34. The number of methoxy groups -OCH3 is 1. The first-order valence-corrected chi connectivity index (χ1v) is 14.3.